The molecule has 0 radical (unpaired) electrons. The molecule has 8 nitrogen and oxygen atoms in total. The molecule has 0 aliphatic rings. The number of sulfonamides is 1. The topological polar surface area (TPSA) is 110 Å². The minimum Gasteiger partial charge on any atom is -0.497 e. The summed E-state index contributed by atoms with van der Waals surface area (Å²) in [6.45, 7) is 0. The van der Waals surface area contributed by atoms with Crippen LogP contribution in [0.4, 0.5) is 10.3 Å². The first-order valence-corrected chi connectivity index (χ1v) is 9.01. The Balaban J connectivity index is 1.98. The zero-order valence-corrected chi connectivity index (χ0v) is 13.9. The number of nitrogens with one attached hydrogen (secondary N) is 2. The molecule has 1 amide bonds. The SMILES string of the molecule is COc1cccc(C=CC(=O)Nc2nnc(NS(C)(=O)=O)s2)c1. The van der Waals surface area contributed by atoms with Gasteiger partial charge in [0, 0.05) is 6.08 Å². The second kappa shape index (κ2) is 7.20. The van der Waals surface area contributed by atoms with Gasteiger partial charge in [0.25, 0.3) is 0 Å². The molecule has 0 atom stereocenters. The first-order chi connectivity index (χ1) is 10.9. The number of hydrogen-bond donors (Lipinski definition) is 2. The second-order valence-corrected chi connectivity index (χ2v) is 7.11. The van der Waals surface area contributed by atoms with E-state index in [1.54, 1.807) is 25.3 Å². The summed E-state index contributed by atoms with van der Waals surface area (Å²) >= 11 is 0.917. The molecular weight excluding hydrogens is 340 g/mol. The lowest BCUT2D eigenvalue weighted by Crippen LogP contribution is -2.09. The molecule has 2 N–H and O–H groups in total. The number of rotatable bonds is 6. The van der Waals surface area contributed by atoms with Gasteiger partial charge in [0.2, 0.25) is 26.2 Å². The zero-order valence-electron chi connectivity index (χ0n) is 12.3. The molecule has 10 heteroatoms. The highest BCUT2D eigenvalue weighted by Gasteiger charge is 2.09. The number of carbonyl (C=O) groups excluding carboxylic acids is 1. The molecule has 0 unspecified atom stereocenters. The quantitative estimate of drug-likeness (QED) is 0.762. The molecule has 23 heavy (non-hydrogen) atoms. The monoisotopic (exact) mass is 354 g/mol. The summed E-state index contributed by atoms with van der Waals surface area (Å²) < 4.78 is 29.4. The van der Waals surface area contributed by atoms with Gasteiger partial charge in [0.05, 0.1) is 13.4 Å². The molecule has 0 spiro atoms. The predicted octanol–water partition coefficient (Wildman–Crippen LogP) is 1.57. The third-order valence-corrected chi connectivity index (χ3v) is 3.90. The highest BCUT2D eigenvalue weighted by molar-refractivity contribution is 7.92. The predicted molar refractivity (Wildman–Crippen MR) is 89.0 cm³/mol. The van der Waals surface area contributed by atoms with Crippen LogP contribution in [0.1, 0.15) is 5.56 Å². The Kier molecular flexibility index (Phi) is 5.29. The van der Waals surface area contributed by atoms with Crippen LogP contribution in [0.5, 0.6) is 5.75 Å². The van der Waals surface area contributed by atoms with Gasteiger partial charge < -0.3 is 4.74 Å². The molecule has 0 saturated carbocycles. The first-order valence-electron chi connectivity index (χ1n) is 6.30. The lowest BCUT2D eigenvalue weighted by Gasteiger charge is -2.00. The van der Waals surface area contributed by atoms with Crippen LogP contribution < -0.4 is 14.8 Å². The van der Waals surface area contributed by atoms with Crippen molar-refractivity contribution in [2.24, 2.45) is 0 Å². The van der Waals surface area contributed by atoms with Gasteiger partial charge >= 0.3 is 0 Å². The molecule has 0 aliphatic carbocycles. The Morgan fingerprint density at radius 2 is 2.04 bits per heavy atom. The molecule has 1 aromatic heterocycles. The lowest BCUT2D eigenvalue weighted by molar-refractivity contribution is -0.111. The first kappa shape index (κ1) is 16.9. The van der Waals surface area contributed by atoms with Gasteiger partial charge in [-0.3, -0.25) is 14.8 Å². The highest BCUT2D eigenvalue weighted by Crippen LogP contribution is 2.20. The molecule has 2 aromatic rings. The van der Waals surface area contributed by atoms with E-state index in [1.165, 1.54) is 6.08 Å². The second-order valence-electron chi connectivity index (χ2n) is 4.39. The summed E-state index contributed by atoms with van der Waals surface area (Å²) in [6.07, 6.45) is 3.96. The van der Waals surface area contributed by atoms with Gasteiger partial charge in [-0.25, -0.2) is 8.42 Å². The summed E-state index contributed by atoms with van der Waals surface area (Å²) in [5.74, 6) is 0.281. The highest BCUT2D eigenvalue weighted by atomic mass is 32.2. The lowest BCUT2D eigenvalue weighted by atomic mass is 10.2. The maximum atomic E-state index is 11.8. The van der Waals surface area contributed by atoms with Crippen molar-refractivity contribution in [3.63, 3.8) is 0 Å². The van der Waals surface area contributed by atoms with Crippen LogP contribution in [-0.2, 0) is 14.8 Å². The summed E-state index contributed by atoms with van der Waals surface area (Å²) in [5.41, 5.74) is 0.802. The zero-order chi connectivity index (χ0) is 16.9. The molecule has 1 aromatic carbocycles. The van der Waals surface area contributed by atoms with Gasteiger partial charge in [0.15, 0.2) is 0 Å². The number of carbonyl (C=O) groups is 1. The van der Waals surface area contributed by atoms with E-state index in [2.05, 4.69) is 20.2 Å². The molecule has 0 saturated heterocycles. The van der Waals surface area contributed by atoms with Crippen LogP contribution in [0.15, 0.2) is 30.3 Å². The minimum absolute atomic E-state index is 0.0829. The van der Waals surface area contributed by atoms with Crippen LogP contribution in [0.2, 0.25) is 0 Å². The van der Waals surface area contributed by atoms with Gasteiger partial charge in [0.1, 0.15) is 5.75 Å². The smallest absolute Gasteiger partial charge is 0.250 e. The van der Waals surface area contributed by atoms with Crippen LogP contribution in [0.3, 0.4) is 0 Å². The van der Waals surface area contributed by atoms with E-state index < -0.39 is 15.9 Å². The van der Waals surface area contributed by atoms with Crippen molar-refractivity contribution in [3.05, 3.63) is 35.9 Å². The number of methoxy groups -OCH3 is 1. The molecule has 2 rings (SSSR count). The van der Waals surface area contributed by atoms with Gasteiger partial charge in [-0.15, -0.1) is 10.2 Å². The minimum atomic E-state index is -3.43. The van der Waals surface area contributed by atoms with Crippen molar-refractivity contribution in [2.45, 2.75) is 0 Å². The van der Waals surface area contributed by atoms with Crippen LogP contribution in [0.25, 0.3) is 6.08 Å². The average molecular weight is 354 g/mol. The van der Waals surface area contributed by atoms with Crippen molar-refractivity contribution >= 4 is 43.6 Å². The number of ether oxygens (including phenoxy) is 1. The third-order valence-electron chi connectivity index (χ3n) is 2.45. The van der Waals surface area contributed by atoms with E-state index in [4.69, 9.17) is 4.74 Å². The van der Waals surface area contributed by atoms with Crippen molar-refractivity contribution in [1.29, 1.82) is 0 Å². The summed E-state index contributed by atoms with van der Waals surface area (Å²) in [5, 5.41) is 10.1. The Morgan fingerprint density at radius 1 is 1.30 bits per heavy atom. The van der Waals surface area contributed by atoms with Crippen LogP contribution in [-0.4, -0.2) is 37.9 Å². The Bertz CT molecular complexity index is 830. The van der Waals surface area contributed by atoms with Crippen molar-refractivity contribution < 1.29 is 17.9 Å². The molecule has 0 aliphatic heterocycles. The van der Waals surface area contributed by atoms with Crippen LogP contribution in [0, 0.1) is 0 Å². The Hall–Kier alpha value is -2.46. The fraction of sp³-hybridized carbons (Fsp3) is 0.154. The number of aromatic nitrogens is 2. The van der Waals surface area contributed by atoms with E-state index in [-0.39, 0.29) is 10.3 Å². The van der Waals surface area contributed by atoms with E-state index in [0.717, 1.165) is 23.2 Å². The molecule has 122 valence electrons. The number of amides is 1. The van der Waals surface area contributed by atoms with E-state index in [0.29, 0.717) is 5.75 Å². The summed E-state index contributed by atoms with van der Waals surface area (Å²) in [7, 11) is -1.86. The fourth-order valence-electron chi connectivity index (χ4n) is 1.54. The number of hydrogen-bond acceptors (Lipinski definition) is 7. The Labute approximate surface area is 137 Å². The molecule has 1 heterocycles. The fourth-order valence-corrected chi connectivity index (χ4v) is 3.01. The number of anilines is 2. The van der Waals surface area contributed by atoms with E-state index in [1.807, 2.05) is 12.1 Å². The standard InChI is InChI=1S/C13H14N4O4S2/c1-21-10-5-3-4-9(8-10)6-7-11(18)14-12-15-16-13(22-12)17-23(2,19)20/h3-8H,1-2H3,(H,16,17)(H,14,15,18). The van der Waals surface area contributed by atoms with Crippen molar-refractivity contribution in [2.75, 3.05) is 23.4 Å². The largest absolute Gasteiger partial charge is 0.497 e. The maximum Gasteiger partial charge on any atom is 0.250 e. The van der Waals surface area contributed by atoms with Crippen molar-refractivity contribution in [1.82, 2.24) is 10.2 Å². The normalized spacial score (nSPS) is 11.4. The number of benzene rings is 1. The molecule has 0 fully saturated rings. The number of nitrogens with zero attached hydrogens (tertiary/aromatic N) is 2. The molecule has 0 bridgehead atoms. The summed E-state index contributed by atoms with van der Waals surface area (Å²) in [4.78, 5) is 11.8. The van der Waals surface area contributed by atoms with Crippen molar-refractivity contribution in [3.8, 4) is 5.75 Å². The van der Waals surface area contributed by atoms with E-state index in [9.17, 15) is 13.2 Å². The third kappa shape index (κ3) is 5.68. The van der Waals surface area contributed by atoms with Gasteiger partial charge in [-0.05, 0) is 23.8 Å². The molecular formula is C13H14N4O4S2. The Morgan fingerprint density at radius 3 is 2.74 bits per heavy atom. The van der Waals surface area contributed by atoms with Gasteiger partial charge in [-0.2, -0.15) is 0 Å². The van der Waals surface area contributed by atoms with Gasteiger partial charge in [-0.1, -0.05) is 23.5 Å². The summed E-state index contributed by atoms with van der Waals surface area (Å²) in [6, 6.07) is 7.22. The van der Waals surface area contributed by atoms with Crippen LogP contribution >= 0.6 is 11.3 Å². The van der Waals surface area contributed by atoms with E-state index >= 15 is 0 Å². The average Bonchev–Trinajstić information content (AvgIpc) is 2.90. The maximum absolute atomic E-state index is 11.8.